The monoisotopic (exact) mass is 381 g/mol. The van der Waals surface area contributed by atoms with Crippen molar-refractivity contribution >= 4 is 12.1 Å². The van der Waals surface area contributed by atoms with E-state index in [4.69, 9.17) is 5.10 Å². The molecule has 4 rings (SSSR count). The molecule has 0 unspecified atom stereocenters. The molecule has 142 valence electrons. The highest BCUT2D eigenvalue weighted by atomic mass is 16.2. The van der Waals surface area contributed by atoms with Crippen molar-refractivity contribution in [2.75, 3.05) is 0 Å². The van der Waals surface area contributed by atoms with E-state index in [0.29, 0.717) is 12.2 Å². The lowest BCUT2D eigenvalue weighted by atomic mass is 10.1. The van der Waals surface area contributed by atoms with Crippen LogP contribution in [-0.4, -0.2) is 26.9 Å². The van der Waals surface area contributed by atoms with Crippen LogP contribution in [0.4, 0.5) is 0 Å². The fourth-order valence-corrected chi connectivity index (χ4v) is 2.92. The van der Waals surface area contributed by atoms with Crippen LogP contribution in [0.1, 0.15) is 21.6 Å². The van der Waals surface area contributed by atoms with Crippen molar-refractivity contribution < 1.29 is 4.79 Å². The molecule has 0 aliphatic heterocycles. The van der Waals surface area contributed by atoms with Gasteiger partial charge in [0.2, 0.25) is 0 Å². The molecule has 1 amide bonds. The summed E-state index contributed by atoms with van der Waals surface area (Å²) in [6.07, 6.45) is 5.10. The number of pyridine rings is 1. The van der Waals surface area contributed by atoms with Crippen molar-refractivity contribution in [1.82, 2.24) is 20.2 Å². The molecule has 1 N–H and O–H groups in total. The first kappa shape index (κ1) is 18.3. The lowest BCUT2D eigenvalue weighted by molar-refractivity contribution is 0.0950. The van der Waals surface area contributed by atoms with Gasteiger partial charge in [-0.1, -0.05) is 66.7 Å². The molecule has 0 saturated heterocycles. The maximum Gasteiger partial charge on any atom is 0.289 e. The minimum absolute atomic E-state index is 0.313. The lowest BCUT2D eigenvalue weighted by Gasteiger charge is -2.01. The second-order valence-electron chi connectivity index (χ2n) is 6.40. The summed E-state index contributed by atoms with van der Waals surface area (Å²) in [5, 5.41) is 8.84. The van der Waals surface area contributed by atoms with Crippen LogP contribution in [0.2, 0.25) is 0 Å². The predicted molar refractivity (Wildman–Crippen MR) is 113 cm³/mol. The molecule has 2 aromatic carbocycles. The number of benzene rings is 2. The van der Waals surface area contributed by atoms with Gasteiger partial charge in [-0.2, -0.15) is 10.2 Å². The van der Waals surface area contributed by atoms with Crippen molar-refractivity contribution in [3.8, 4) is 11.3 Å². The Bertz CT molecular complexity index is 1110. The largest absolute Gasteiger partial charge is 0.289 e. The van der Waals surface area contributed by atoms with Crippen LogP contribution < -0.4 is 5.43 Å². The highest BCUT2D eigenvalue weighted by molar-refractivity contribution is 5.94. The summed E-state index contributed by atoms with van der Waals surface area (Å²) in [5.74, 6) is -0.361. The molecule has 6 nitrogen and oxygen atoms in total. The average molecular weight is 381 g/mol. The second kappa shape index (κ2) is 8.75. The van der Waals surface area contributed by atoms with Crippen LogP contribution in [-0.2, 0) is 6.54 Å². The second-order valence-corrected chi connectivity index (χ2v) is 6.40. The zero-order chi connectivity index (χ0) is 19.9. The number of nitrogens with zero attached hydrogens (tertiary/aromatic N) is 4. The smallest absolute Gasteiger partial charge is 0.267 e. The maximum absolute atomic E-state index is 12.1. The summed E-state index contributed by atoms with van der Waals surface area (Å²) in [4.78, 5) is 16.1. The molecule has 0 fully saturated rings. The van der Waals surface area contributed by atoms with Gasteiger partial charge in [0.05, 0.1) is 12.8 Å². The molecule has 6 heteroatoms. The third-order valence-corrected chi connectivity index (χ3v) is 4.29. The number of nitrogens with one attached hydrogen (secondary N) is 1. The quantitative estimate of drug-likeness (QED) is 0.408. The third kappa shape index (κ3) is 4.62. The van der Waals surface area contributed by atoms with Gasteiger partial charge in [0.15, 0.2) is 0 Å². The number of hydrogen-bond acceptors (Lipinski definition) is 4. The van der Waals surface area contributed by atoms with Crippen LogP contribution >= 0.6 is 0 Å². The fourth-order valence-electron chi connectivity index (χ4n) is 2.92. The molecule has 0 radical (unpaired) electrons. The number of carbonyl (C=O) groups is 1. The van der Waals surface area contributed by atoms with Gasteiger partial charge in [0, 0.05) is 23.5 Å². The molecule has 4 aromatic rings. The minimum Gasteiger partial charge on any atom is -0.267 e. The average Bonchev–Trinajstić information content (AvgIpc) is 3.18. The van der Waals surface area contributed by atoms with Gasteiger partial charge in [-0.15, -0.1) is 0 Å². The molecule has 2 heterocycles. The van der Waals surface area contributed by atoms with Crippen molar-refractivity contribution in [2.24, 2.45) is 5.10 Å². The predicted octanol–water partition coefficient (Wildman–Crippen LogP) is 3.76. The van der Waals surface area contributed by atoms with Crippen molar-refractivity contribution in [2.45, 2.75) is 6.54 Å². The van der Waals surface area contributed by atoms with E-state index >= 15 is 0 Å². The van der Waals surface area contributed by atoms with E-state index in [1.54, 1.807) is 30.6 Å². The number of hydrogen-bond donors (Lipinski definition) is 1. The normalized spacial score (nSPS) is 10.9. The summed E-state index contributed by atoms with van der Waals surface area (Å²) in [6.45, 7) is 0.648. The van der Waals surface area contributed by atoms with E-state index in [0.717, 1.165) is 22.4 Å². The number of rotatable bonds is 6. The van der Waals surface area contributed by atoms with E-state index < -0.39 is 0 Å². The summed E-state index contributed by atoms with van der Waals surface area (Å²) in [7, 11) is 0. The number of hydrazone groups is 1. The first-order valence-electron chi connectivity index (χ1n) is 9.21. The first-order chi connectivity index (χ1) is 14.3. The van der Waals surface area contributed by atoms with Gasteiger partial charge in [0.1, 0.15) is 11.4 Å². The van der Waals surface area contributed by atoms with Crippen molar-refractivity contribution in [1.29, 1.82) is 0 Å². The van der Waals surface area contributed by atoms with Crippen molar-refractivity contribution in [3.05, 3.63) is 108 Å². The standard InChI is InChI=1S/C23H19N5O/c29-23(21-13-7-8-14-24-21)26-25-15-20-17-28(16-18-9-3-1-4-10-18)27-22(20)19-11-5-2-6-12-19/h1-15,17H,16H2,(H,26,29). The molecular formula is C23H19N5O. The first-order valence-corrected chi connectivity index (χ1v) is 9.21. The van der Waals surface area contributed by atoms with Gasteiger partial charge in [-0.25, -0.2) is 5.43 Å². The number of amides is 1. The van der Waals surface area contributed by atoms with E-state index in [9.17, 15) is 4.79 Å². The van der Waals surface area contributed by atoms with Gasteiger partial charge < -0.3 is 0 Å². The Labute approximate surface area is 168 Å². The summed E-state index contributed by atoms with van der Waals surface area (Å²) >= 11 is 0. The van der Waals surface area contributed by atoms with E-state index in [2.05, 4.69) is 27.6 Å². The maximum atomic E-state index is 12.1. The Morgan fingerprint density at radius 3 is 2.41 bits per heavy atom. The highest BCUT2D eigenvalue weighted by Crippen LogP contribution is 2.21. The molecule has 29 heavy (non-hydrogen) atoms. The Hall–Kier alpha value is -4.06. The minimum atomic E-state index is -0.361. The third-order valence-electron chi connectivity index (χ3n) is 4.29. The van der Waals surface area contributed by atoms with Crippen LogP contribution in [0, 0.1) is 0 Å². The fraction of sp³-hybridized carbons (Fsp3) is 0.0435. The van der Waals surface area contributed by atoms with E-state index in [-0.39, 0.29) is 5.91 Å². The van der Waals surface area contributed by atoms with Gasteiger partial charge in [-0.05, 0) is 17.7 Å². The van der Waals surface area contributed by atoms with Crippen LogP contribution in [0.15, 0.2) is 96.4 Å². The highest BCUT2D eigenvalue weighted by Gasteiger charge is 2.11. The lowest BCUT2D eigenvalue weighted by Crippen LogP contribution is -2.18. The molecular weight excluding hydrogens is 362 g/mol. The topological polar surface area (TPSA) is 72.2 Å². The zero-order valence-electron chi connectivity index (χ0n) is 15.6. The molecule has 2 aromatic heterocycles. The van der Waals surface area contributed by atoms with Gasteiger partial charge in [-0.3, -0.25) is 14.5 Å². The molecule has 0 saturated carbocycles. The van der Waals surface area contributed by atoms with Crippen LogP contribution in [0.25, 0.3) is 11.3 Å². The number of carbonyl (C=O) groups excluding carboxylic acids is 1. The molecule has 0 bridgehead atoms. The van der Waals surface area contributed by atoms with Gasteiger partial charge in [0.25, 0.3) is 5.91 Å². The summed E-state index contributed by atoms with van der Waals surface area (Å²) < 4.78 is 1.87. The van der Waals surface area contributed by atoms with Crippen LogP contribution in [0.3, 0.4) is 0 Å². The Morgan fingerprint density at radius 1 is 0.966 bits per heavy atom. The number of aromatic nitrogens is 3. The summed E-state index contributed by atoms with van der Waals surface area (Å²) in [5.41, 5.74) is 6.58. The molecule has 0 spiro atoms. The summed E-state index contributed by atoms with van der Waals surface area (Å²) in [6, 6.07) is 25.2. The zero-order valence-corrected chi connectivity index (χ0v) is 15.6. The molecule has 0 atom stereocenters. The van der Waals surface area contributed by atoms with Gasteiger partial charge >= 0.3 is 0 Å². The Morgan fingerprint density at radius 2 is 1.69 bits per heavy atom. The van der Waals surface area contributed by atoms with E-state index in [1.165, 1.54) is 0 Å². The Kier molecular flexibility index (Phi) is 5.53. The van der Waals surface area contributed by atoms with Crippen LogP contribution in [0.5, 0.6) is 0 Å². The van der Waals surface area contributed by atoms with Crippen molar-refractivity contribution in [3.63, 3.8) is 0 Å². The van der Waals surface area contributed by atoms with E-state index in [1.807, 2.05) is 59.4 Å². The SMILES string of the molecule is O=C(NN=Cc1cn(Cc2ccccc2)nc1-c1ccccc1)c1ccccn1. The molecule has 0 aliphatic rings. The Balaban J connectivity index is 1.58. The molecule has 0 aliphatic carbocycles.